The van der Waals surface area contributed by atoms with E-state index in [2.05, 4.69) is 20.7 Å². The Kier molecular flexibility index (Phi) is 4.49. The van der Waals surface area contributed by atoms with Crippen LogP contribution in [-0.4, -0.2) is 17.5 Å². The molecular formula is C10H5BrF6O2. The van der Waals surface area contributed by atoms with E-state index in [0.717, 1.165) is 12.1 Å². The minimum atomic E-state index is -5.33. The number of alkyl halides is 7. The zero-order valence-electron chi connectivity index (χ0n) is 8.90. The molecule has 0 aliphatic rings. The van der Waals surface area contributed by atoms with Crippen LogP contribution in [0.3, 0.4) is 0 Å². The second kappa shape index (κ2) is 5.40. The lowest BCUT2D eigenvalue weighted by Gasteiger charge is -2.17. The fourth-order valence-electron chi connectivity index (χ4n) is 1.28. The van der Waals surface area contributed by atoms with Crippen LogP contribution in [0.5, 0.6) is 5.75 Å². The molecule has 106 valence electrons. The molecule has 0 aliphatic heterocycles. The third kappa shape index (κ3) is 4.12. The maximum Gasteiger partial charge on any atom is 0.573 e. The zero-order chi connectivity index (χ0) is 14.8. The fraction of sp³-hybridized carbons (Fsp3) is 0.300. The number of hydrogen-bond acceptors (Lipinski definition) is 2. The highest BCUT2D eigenvalue weighted by Crippen LogP contribution is 2.40. The summed E-state index contributed by atoms with van der Waals surface area (Å²) in [5.41, 5.74) is -2.44. The van der Waals surface area contributed by atoms with Crippen molar-refractivity contribution in [1.82, 2.24) is 0 Å². The summed E-state index contributed by atoms with van der Waals surface area (Å²) in [5.74, 6) is -2.49. The predicted octanol–water partition coefficient (Wildman–Crippen LogP) is 4.18. The molecule has 0 saturated carbocycles. The molecule has 0 N–H and O–H groups in total. The number of ether oxygens (including phenoxy) is 1. The van der Waals surface area contributed by atoms with E-state index in [4.69, 9.17) is 0 Å². The van der Waals surface area contributed by atoms with E-state index in [1.807, 2.05) is 0 Å². The van der Waals surface area contributed by atoms with E-state index in [1.54, 1.807) is 0 Å². The van der Waals surface area contributed by atoms with Gasteiger partial charge in [-0.2, -0.15) is 13.2 Å². The van der Waals surface area contributed by atoms with Crippen molar-refractivity contribution >= 4 is 21.7 Å². The number of halogens is 7. The van der Waals surface area contributed by atoms with Gasteiger partial charge in [0.25, 0.3) is 0 Å². The van der Waals surface area contributed by atoms with Crippen molar-refractivity contribution in [3.05, 3.63) is 29.3 Å². The zero-order valence-corrected chi connectivity index (χ0v) is 10.5. The molecule has 0 radical (unpaired) electrons. The number of Topliss-reactive ketones (excluding diaryl/α,β-unsaturated/α-hetero) is 1. The molecule has 0 spiro atoms. The van der Waals surface area contributed by atoms with Gasteiger partial charge in [-0.05, 0) is 12.1 Å². The molecule has 9 heteroatoms. The van der Waals surface area contributed by atoms with Crippen molar-refractivity contribution in [2.45, 2.75) is 12.5 Å². The van der Waals surface area contributed by atoms with Crippen LogP contribution < -0.4 is 4.74 Å². The van der Waals surface area contributed by atoms with Gasteiger partial charge in [0.05, 0.1) is 16.5 Å². The van der Waals surface area contributed by atoms with Crippen molar-refractivity contribution in [3.8, 4) is 5.75 Å². The standard InChI is InChI=1S/C10H5BrF6O2/c11-4-7(18)5-2-1-3-6(9(12,13)14)8(5)19-10(15,16)17/h1-3H,4H2. The molecule has 0 bridgehead atoms. The minimum Gasteiger partial charge on any atom is -0.404 e. The largest absolute Gasteiger partial charge is 0.573 e. The molecule has 19 heavy (non-hydrogen) atoms. The number of hydrogen-bond donors (Lipinski definition) is 0. The van der Waals surface area contributed by atoms with Crippen LogP contribution in [0, 0.1) is 0 Å². The smallest absolute Gasteiger partial charge is 0.404 e. The molecule has 0 fully saturated rings. The van der Waals surface area contributed by atoms with Gasteiger partial charge in [0.1, 0.15) is 0 Å². The van der Waals surface area contributed by atoms with Gasteiger partial charge in [-0.25, -0.2) is 0 Å². The summed E-state index contributed by atoms with van der Waals surface area (Å²) in [7, 11) is 0. The lowest BCUT2D eigenvalue weighted by atomic mass is 10.1. The van der Waals surface area contributed by atoms with E-state index >= 15 is 0 Å². The highest BCUT2D eigenvalue weighted by Gasteiger charge is 2.41. The quantitative estimate of drug-likeness (QED) is 0.464. The maximum atomic E-state index is 12.6. The van der Waals surface area contributed by atoms with Crippen molar-refractivity contribution in [3.63, 3.8) is 0 Å². The van der Waals surface area contributed by atoms with Gasteiger partial charge in [0.15, 0.2) is 11.5 Å². The molecule has 0 aliphatic carbocycles. The topological polar surface area (TPSA) is 26.3 Å². The molecule has 0 heterocycles. The molecular weight excluding hydrogens is 346 g/mol. The Hall–Kier alpha value is -1.25. The number of carbonyl (C=O) groups excluding carboxylic acids is 1. The first kappa shape index (κ1) is 15.8. The average molecular weight is 351 g/mol. The first-order valence-corrected chi connectivity index (χ1v) is 5.73. The fourth-order valence-corrected chi connectivity index (χ4v) is 1.58. The Morgan fingerprint density at radius 2 is 1.74 bits per heavy atom. The van der Waals surface area contributed by atoms with Crippen molar-refractivity contribution in [2.75, 3.05) is 5.33 Å². The van der Waals surface area contributed by atoms with Crippen LogP contribution >= 0.6 is 15.9 Å². The van der Waals surface area contributed by atoms with Gasteiger partial charge in [-0.1, -0.05) is 22.0 Å². The number of rotatable bonds is 3. The lowest BCUT2D eigenvalue weighted by Crippen LogP contribution is -2.22. The molecule has 0 amide bonds. The number of carbonyl (C=O) groups is 1. The molecule has 0 atom stereocenters. The Morgan fingerprint density at radius 1 is 1.16 bits per heavy atom. The van der Waals surface area contributed by atoms with Crippen LogP contribution in [-0.2, 0) is 6.18 Å². The highest BCUT2D eigenvalue weighted by atomic mass is 79.9. The Bertz CT molecular complexity index is 480. The van der Waals surface area contributed by atoms with Crippen molar-refractivity contribution < 1.29 is 35.9 Å². The van der Waals surface area contributed by atoms with Crippen LogP contribution in [0.25, 0.3) is 0 Å². The van der Waals surface area contributed by atoms with Gasteiger partial charge in [0, 0.05) is 0 Å². The van der Waals surface area contributed by atoms with Crippen molar-refractivity contribution in [1.29, 1.82) is 0 Å². The lowest BCUT2D eigenvalue weighted by molar-refractivity contribution is -0.276. The average Bonchev–Trinajstić information content (AvgIpc) is 2.24. The summed E-state index contributed by atoms with van der Waals surface area (Å²) in [5, 5.41) is -0.428. The van der Waals surface area contributed by atoms with E-state index < -0.39 is 40.5 Å². The number of para-hydroxylation sites is 1. The van der Waals surface area contributed by atoms with E-state index in [-0.39, 0.29) is 0 Å². The monoisotopic (exact) mass is 350 g/mol. The Balaban J connectivity index is 3.45. The van der Waals surface area contributed by atoms with Crippen LogP contribution in [0.2, 0.25) is 0 Å². The third-order valence-electron chi connectivity index (χ3n) is 1.96. The molecule has 2 nitrogen and oxygen atoms in total. The second-order valence-electron chi connectivity index (χ2n) is 3.28. The molecule has 0 aromatic heterocycles. The third-order valence-corrected chi connectivity index (χ3v) is 2.47. The SMILES string of the molecule is O=C(CBr)c1cccc(C(F)(F)F)c1OC(F)(F)F. The molecule has 1 aromatic rings. The highest BCUT2D eigenvalue weighted by molar-refractivity contribution is 9.09. The summed E-state index contributed by atoms with van der Waals surface area (Å²) in [6.45, 7) is 0. The predicted molar refractivity (Wildman–Crippen MR) is 56.3 cm³/mol. The number of ketones is 1. The van der Waals surface area contributed by atoms with Crippen LogP contribution in [0.4, 0.5) is 26.3 Å². The first-order valence-electron chi connectivity index (χ1n) is 4.61. The summed E-state index contributed by atoms with van der Waals surface area (Å²) < 4.78 is 77.6. The Morgan fingerprint density at radius 3 is 2.16 bits per heavy atom. The van der Waals surface area contributed by atoms with Gasteiger partial charge in [0.2, 0.25) is 0 Å². The van der Waals surface area contributed by atoms with Gasteiger partial charge >= 0.3 is 12.5 Å². The summed E-state index contributed by atoms with van der Waals surface area (Å²) in [6, 6.07) is 2.08. The van der Waals surface area contributed by atoms with E-state index in [0.29, 0.717) is 6.07 Å². The summed E-state index contributed by atoms with van der Waals surface area (Å²) >= 11 is 2.67. The van der Waals surface area contributed by atoms with Gasteiger partial charge in [-0.3, -0.25) is 4.79 Å². The van der Waals surface area contributed by atoms with Crippen molar-refractivity contribution in [2.24, 2.45) is 0 Å². The molecule has 0 saturated heterocycles. The first-order chi connectivity index (χ1) is 8.56. The van der Waals surface area contributed by atoms with Crippen LogP contribution in [0.1, 0.15) is 15.9 Å². The molecule has 1 rings (SSSR count). The van der Waals surface area contributed by atoms with E-state index in [9.17, 15) is 31.1 Å². The molecule has 0 unspecified atom stereocenters. The number of benzene rings is 1. The molecule has 1 aromatic carbocycles. The Labute approximate surface area is 111 Å². The van der Waals surface area contributed by atoms with E-state index in [1.165, 1.54) is 0 Å². The maximum absolute atomic E-state index is 12.6. The second-order valence-corrected chi connectivity index (χ2v) is 3.85. The normalized spacial score (nSPS) is 12.4. The summed E-state index contributed by atoms with van der Waals surface area (Å²) in [6.07, 6.45) is -10.4. The van der Waals surface area contributed by atoms with Crippen LogP contribution in [0.15, 0.2) is 18.2 Å². The summed E-state index contributed by atoms with van der Waals surface area (Å²) in [4.78, 5) is 11.3. The van der Waals surface area contributed by atoms with Gasteiger partial charge in [-0.15, -0.1) is 13.2 Å². The minimum absolute atomic E-state index is 0.409. The van der Waals surface area contributed by atoms with Gasteiger partial charge < -0.3 is 4.74 Å².